The van der Waals surface area contributed by atoms with E-state index in [9.17, 15) is 4.79 Å². The Bertz CT molecular complexity index is 68.9. The van der Waals surface area contributed by atoms with Crippen LogP contribution in [0.15, 0.2) is 0 Å². The number of carbonyl (C=O) groups is 1. The lowest BCUT2D eigenvalue weighted by Gasteiger charge is -1.89. The maximum atomic E-state index is 9.87. The summed E-state index contributed by atoms with van der Waals surface area (Å²) in [5.41, 5.74) is 0. The van der Waals surface area contributed by atoms with Gasteiger partial charge in [-0.25, -0.2) is 0 Å². The van der Waals surface area contributed by atoms with Gasteiger partial charge in [-0.05, 0) is 6.42 Å². The van der Waals surface area contributed by atoms with Gasteiger partial charge in [0.15, 0.2) is 0 Å². The van der Waals surface area contributed by atoms with Crippen LogP contribution in [0.25, 0.3) is 0 Å². The molecule has 0 spiro atoms. The van der Waals surface area contributed by atoms with Crippen molar-refractivity contribution in [3.63, 3.8) is 0 Å². The Labute approximate surface area is 49.5 Å². The lowest BCUT2D eigenvalue weighted by Crippen LogP contribution is -1.92. The number of aliphatic carboxylic acids is 1. The van der Waals surface area contributed by atoms with Gasteiger partial charge in [-0.2, -0.15) is 0 Å². The molecule has 0 radical (unpaired) electrons. The molecule has 0 atom stereocenters. The summed E-state index contributed by atoms with van der Waals surface area (Å²) < 4.78 is 0. The molecule has 0 heterocycles. The second-order valence-corrected chi connectivity index (χ2v) is 1.85. The standard InChI is InChI=1S/C6H12O2/c1-2-3-4-5-6(7)8/h2-5H2,1H3,(H,7,8)/i6+1. The SMILES string of the molecule is CCCCC[13C](=O)O. The van der Waals surface area contributed by atoms with E-state index in [4.69, 9.17) is 5.11 Å². The second-order valence-electron chi connectivity index (χ2n) is 1.85. The highest BCUT2D eigenvalue weighted by Gasteiger charge is 1.92. The zero-order valence-corrected chi connectivity index (χ0v) is 5.18. The lowest BCUT2D eigenvalue weighted by molar-refractivity contribution is -0.137. The van der Waals surface area contributed by atoms with Gasteiger partial charge in [-0.3, -0.25) is 4.79 Å². The molecule has 0 aromatic rings. The van der Waals surface area contributed by atoms with Crippen molar-refractivity contribution in [2.75, 3.05) is 0 Å². The molecule has 2 nitrogen and oxygen atoms in total. The number of hydrogen-bond donors (Lipinski definition) is 1. The molecule has 0 unspecified atom stereocenters. The fourth-order valence-corrected chi connectivity index (χ4v) is 0.526. The van der Waals surface area contributed by atoms with Crippen molar-refractivity contribution in [1.29, 1.82) is 0 Å². The van der Waals surface area contributed by atoms with Crippen LogP contribution < -0.4 is 0 Å². The summed E-state index contributed by atoms with van der Waals surface area (Å²) in [5.74, 6) is -0.682. The van der Waals surface area contributed by atoms with Crippen LogP contribution in [-0.4, -0.2) is 11.1 Å². The van der Waals surface area contributed by atoms with Crippen molar-refractivity contribution in [3.05, 3.63) is 0 Å². The molecule has 0 saturated carbocycles. The first-order valence-corrected chi connectivity index (χ1v) is 2.99. The fourth-order valence-electron chi connectivity index (χ4n) is 0.526. The van der Waals surface area contributed by atoms with Crippen LogP contribution in [-0.2, 0) is 4.79 Å². The molecule has 1 N–H and O–H groups in total. The van der Waals surface area contributed by atoms with Crippen LogP contribution in [0.2, 0.25) is 0 Å². The van der Waals surface area contributed by atoms with Crippen molar-refractivity contribution in [2.24, 2.45) is 0 Å². The maximum absolute atomic E-state index is 9.87. The van der Waals surface area contributed by atoms with Gasteiger partial charge in [0.05, 0.1) is 0 Å². The van der Waals surface area contributed by atoms with Gasteiger partial charge in [0.25, 0.3) is 0 Å². The second kappa shape index (κ2) is 4.62. The van der Waals surface area contributed by atoms with Crippen molar-refractivity contribution >= 4 is 5.97 Å². The van der Waals surface area contributed by atoms with E-state index in [0.29, 0.717) is 6.42 Å². The highest BCUT2D eigenvalue weighted by molar-refractivity contribution is 5.66. The average molecular weight is 117 g/mol. The van der Waals surface area contributed by atoms with Gasteiger partial charge in [-0.1, -0.05) is 19.8 Å². The summed E-state index contributed by atoms with van der Waals surface area (Å²) in [6.07, 6.45) is 3.28. The number of carboxylic acid groups (broad SMARTS) is 1. The predicted molar refractivity (Wildman–Crippen MR) is 31.8 cm³/mol. The number of carboxylic acids is 1. The van der Waals surface area contributed by atoms with Gasteiger partial charge in [0, 0.05) is 6.42 Å². The van der Waals surface area contributed by atoms with Crippen molar-refractivity contribution in [2.45, 2.75) is 32.6 Å². The van der Waals surface area contributed by atoms with Crippen LogP contribution >= 0.6 is 0 Å². The quantitative estimate of drug-likeness (QED) is 0.449. The first-order valence-electron chi connectivity index (χ1n) is 2.99. The van der Waals surface area contributed by atoms with E-state index < -0.39 is 5.97 Å². The van der Waals surface area contributed by atoms with Gasteiger partial charge in [0.1, 0.15) is 0 Å². The van der Waals surface area contributed by atoms with Crippen LogP contribution in [0.5, 0.6) is 0 Å². The summed E-state index contributed by atoms with van der Waals surface area (Å²) in [6.45, 7) is 2.06. The van der Waals surface area contributed by atoms with E-state index >= 15 is 0 Å². The molecule has 2 heteroatoms. The third-order valence-electron chi connectivity index (χ3n) is 0.994. The Kier molecular flexibility index (Phi) is 4.32. The minimum absolute atomic E-state index is 0.327. The summed E-state index contributed by atoms with van der Waals surface area (Å²) >= 11 is 0. The van der Waals surface area contributed by atoms with Crippen LogP contribution in [0.4, 0.5) is 0 Å². The minimum Gasteiger partial charge on any atom is -0.481 e. The van der Waals surface area contributed by atoms with Crippen LogP contribution in [0, 0.1) is 0 Å². The van der Waals surface area contributed by atoms with E-state index in [1.807, 2.05) is 0 Å². The molecule has 0 aromatic heterocycles. The summed E-state index contributed by atoms with van der Waals surface area (Å²) in [6, 6.07) is 0. The third-order valence-corrected chi connectivity index (χ3v) is 0.994. The number of rotatable bonds is 4. The molecule has 0 rings (SSSR count). The first-order chi connectivity index (χ1) is 3.77. The summed E-state index contributed by atoms with van der Waals surface area (Å²) in [5, 5.41) is 8.14. The minimum atomic E-state index is -0.682. The Morgan fingerprint density at radius 2 is 2.12 bits per heavy atom. The van der Waals surface area contributed by atoms with E-state index in [1.54, 1.807) is 0 Å². The van der Waals surface area contributed by atoms with Crippen molar-refractivity contribution < 1.29 is 9.90 Å². The third kappa shape index (κ3) is 5.47. The normalized spacial score (nSPS) is 9.12. The van der Waals surface area contributed by atoms with E-state index in [2.05, 4.69) is 6.92 Å². The average Bonchev–Trinajstić information content (AvgIpc) is 1.66. The molecular formula is C6H12O2. The molecular weight excluding hydrogens is 105 g/mol. The zero-order chi connectivity index (χ0) is 6.41. The Morgan fingerprint density at radius 1 is 1.50 bits per heavy atom. The van der Waals surface area contributed by atoms with E-state index in [-0.39, 0.29) is 0 Å². The Balaban J connectivity index is 2.82. The highest BCUT2D eigenvalue weighted by Crippen LogP contribution is 1.97. The molecule has 0 saturated heterocycles. The van der Waals surface area contributed by atoms with Crippen molar-refractivity contribution in [1.82, 2.24) is 0 Å². The maximum Gasteiger partial charge on any atom is 0.303 e. The fraction of sp³-hybridized carbons (Fsp3) is 0.833. The monoisotopic (exact) mass is 117 g/mol. The molecule has 0 amide bonds. The molecule has 0 aliphatic carbocycles. The number of hydrogen-bond acceptors (Lipinski definition) is 1. The molecule has 0 aliphatic heterocycles. The summed E-state index contributed by atoms with van der Waals surface area (Å²) in [7, 11) is 0. The zero-order valence-electron chi connectivity index (χ0n) is 5.18. The molecule has 0 bridgehead atoms. The smallest absolute Gasteiger partial charge is 0.303 e. The summed E-state index contributed by atoms with van der Waals surface area (Å²) in [4.78, 5) is 9.87. The molecule has 0 fully saturated rings. The predicted octanol–water partition coefficient (Wildman–Crippen LogP) is 1.65. The van der Waals surface area contributed by atoms with E-state index in [0.717, 1.165) is 19.3 Å². The van der Waals surface area contributed by atoms with Gasteiger partial charge >= 0.3 is 5.97 Å². The molecule has 48 valence electrons. The van der Waals surface area contributed by atoms with Crippen LogP contribution in [0.1, 0.15) is 32.6 Å². The highest BCUT2D eigenvalue weighted by atomic mass is 16.5. The topological polar surface area (TPSA) is 37.3 Å². The first kappa shape index (κ1) is 7.47. The van der Waals surface area contributed by atoms with Gasteiger partial charge in [-0.15, -0.1) is 0 Å². The van der Waals surface area contributed by atoms with Crippen LogP contribution in [0.3, 0.4) is 0 Å². The number of unbranched alkanes of at least 4 members (excludes halogenated alkanes) is 2. The molecule has 0 aromatic carbocycles. The van der Waals surface area contributed by atoms with E-state index in [1.165, 1.54) is 0 Å². The Hall–Kier alpha value is -0.530. The molecule has 8 heavy (non-hydrogen) atoms. The lowest BCUT2D eigenvalue weighted by atomic mass is 10.2. The van der Waals surface area contributed by atoms with Crippen molar-refractivity contribution in [3.8, 4) is 0 Å². The largest absolute Gasteiger partial charge is 0.481 e. The molecule has 0 aliphatic rings. The van der Waals surface area contributed by atoms with Gasteiger partial charge < -0.3 is 5.11 Å². The Morgan fingerprint density at radius 3 is 2.50 bits per heavy atom. The van der Waals surface area contributed by atoms with Gasteiger partial charge in [0.2, 0.25) is 0 Å².